The van der Waals surface area contributed by atoms with Crippen LogP contribution < -0.4 is 5.73 Å². The first-order valence-electron chi connectivity index (χ1n) is 4.71. The highest BCUT2D eigenvalue weighted by atomic mass is 16.5. The molecule has 0 aromatic carbocycles. The second-order valence-corrected chi connectivity index (χ2v) is 3.42. The molecule has 16 heavy (non-hydrogen) atoms. The van der Waals surface area contributed by atoms with E-state index in [0.29, 0.717) is 18.1 Å². The Kier molecular flexibility index (Phi) is 10.4. The molecule has 0 aliphatic carbocycles. The summed E-state index contributed by atoms with van der Waals surface area (Å²) in [5.41, 5.74) is 5.26. The van der Waals surface area contributed by atoms with Crippen LogP contribution in [0.25, 0.3) is 0 Å². The van der Waals surface area contributed by atoms with Gasteiger partial charge in [0.15, 0.2) is 0 Å². The number of amides is 1. The third-order valence-corrected chi connectivity index (χ3v) is 1.25. The Labute approximate surface area is 95.6 Å². The summed E-state index contributed by atoms with van der Waals surface area (Å²) < 4.78 is 5.12. The first-order valence-corrected chi connectivity index (χ1v) is 4.71. The van der Waals surface area contributed by atoms with Gasteiger partial charge in [-0.15, -0.1) is 0 Å². The van der Waals surface area contributed by atoms with Crippen LogP contribution in [0.3, 0.4) is 0 Å². The fourth-order valence-corrected chi connectivity index (χ4v) is 0.489. The van der Waals surface area contributed by atoms with Crippen molar-refractivity contribution in [3.05, 3.63) is 24.8 Å². The summed E-state index contributed by atoms with van der Waals surface area (Å²) in [4.78, 5) is 19.7. The Morgan fingerprint density at radius 2 is 1.94 bits per heavy atom. The Morgan fingerprint density at radius 3 is 2.19 bits per heavy atom. The van der Waals surface area contributed by atoms with Gasteiger partial charge in [0.25, 0.3) is 0 Å². The SMILES string of the molecule is C=C(COCC(C)C)C(N)=O.C=CC(=O)O. The lowest BCUT2D eigenvalue weighted by molar-refractivity contribution is -0.131. The van der Waals surface area contributed by atoms with Gasteiger partial charge < -0.3 is 15.6 Å². The van der Waals surface area contributed by atoms with Crippen molar-refractivity contribution in [1.29, 1.82) is 0 Å². The lowest BCUT2D eigenvalue weighted by Gasteiger charge is -2.05. The van der Waals surface area contributed by atoms with Crippen LogP contribution in [-0.4, -0.2) is 30.2 Å². The number of carbonyl (C=O) groups excluding carboxylic acids is 1. The average molecular weight is 229 g/mol. The van der Waals surface area contributed by atoms with E-state index >= 15 is 0 Å². The maximum absolute atomic E-state index is 10.4. The monoisotopic (exact) mass is 229 g/mol. The highest BCUT2D eigenvalue weighted by molar-refractivity contribution is 5.91. The summed E-state index contributed by atoms with van der Waals surface area (Å²) in [7, 11) is 0. The number of carbonyl (C=O) groups is 2. The second kappa shape index (κ2) is 9.92. The number of hydrogen-bond acceptors (Lipinski definition) is 3. The number of aliphatic carboxylic acids is 1. The zero-order chi connectivity index (χ0) is 13.1. The summed E-state index contributed by atoms with van der Waals surface area (Å²) >= 11 is 0. The van der Waals surface area contributed by atoms with Crippen LogP contribution in [0.15, 0.2) is 24.8 Å². The molecule has 0 aliphatic rings. The maximum Gasteiger partial charge on any atom is 0.327 e. The Bertz CT molecular complexity index is 259. The Balaban J connectivity index is 0. The van der Waals surface area contributed by atoms with Gasteiger partial charge in [0.05, 0.1) is 6.61 Å². The van der Waals surface area contributed by atoms with Gasteiger partial charge in [-0.3, -0.25) is 4.79 Å². The summed E-state index contributed by atoms with van der Waals surface area (Å²) in [5.74, 6) is -1.01. The molecular formula is C11H19NO4. The number of primary amides is 1. The molecule has 92 valence electrons. The number of nitrogens with two attached hydrogens (primary N) is 1. The van der Waals surface area contributed by atoms with E-state index in [2.05, 4.69) is 13.2 Å². The molecule has 1 amide bonds. The van der Waals surface area contributed by atoms with Crippen molar-refractivity contribution < 1.29 is 19.4 Å². The molecule has 0 rings (SSSR count). The normalized spacial score (nSPS) is 8.94. The van der Waals surface area contributed by atoms with Gasteiger partial charge in [-0.1, -0.05) is 27.0 Å². The van der Waals surface area contributed by atoms with Gasteiger partial charge >= 0.3 is 5.97 Å². The van der Waals surface area contributed by atoms with Crippen molar-refractivity contribution in [2.45, 2.75) is 13.8 Å². The third-order valence-electron chi connectivity index (χ3n) is 1.25. The van der Waals surface area contributed by atoms with Crippen LogP contribution in [0, 0.1) is 5.92 Å². The molecule has 0 atom stereocenters. The lowest BCUT2D eigenvalue weighted by atomic mass is 10.2. The number of carboxylic acid groups (broad SMARTS) is 1. The number of hydrogen-bond donors (Lipinski definition) is 2. The van der Waals surface area contributed by atoms with Crippen molar-refractivity contribution in [3.8, 4) is 0 Å². The highest BCUT2D eigenvalue weighted by Gasteiger charge is 2.01. The minimum atomic E-state index is -0.981. The summed E-state index contributed by atoms with van der Waals surface area (Å²) in [6, 6.07) is 0. The zero-order valence-electron chi connectivity index (χ0n) is 9.73. The Hall–Kier alpha value is -1.62. The standard InChI is InChI=1S/C8H15NO2.C3H4O2/c1-6(2)4-11-5-7(3)8(9)10;1-2-3(4)5/h6H,3-5H2,1-2H3,(H2,9,10);2H,1H2,(H,4,5). The van der Waals surface area contributed by atoms with Gasteiger partial charge in [0.1, 0.15) is 0 Å². The highest BCUT2D eigenvalue weighted by Crippen LogP contribution is 1.95. The molecule has 0 heterocycles. The van der Waals surface area contributed by atoms with E-state index in [4.69, 9.17) is 15.6 Å². The molecule has 5 nitrogen and oxygen atoms in total. The summed E-state index contributed by atoms with van der Waals surface area (Å²) in [6.07, 6.45) is 0.833. The number of ether oxygens (including phenoxy) is 1. The molecule has 0 spiro atoms. The van der Waals surface area contributed by atoms with Gasteiger partial charge in [-0.25, -0.2) is 4.79 Å². The van der Waals surface area contributed by atoms with Gasteiger partial charge in [0.2, 0.25) is 5.91 Å². The van der Waals surface area contributed by atoms with E-state index in [1.807, 2.05) is 13.8 Å². The molecule has 0 saturated heterocycles. The maximum atomic E-state index is 10.4. The average Bonchev–Trinajstić information content (AvgIpc) is 2.17. The van der Waals surface area contributed by atoms with E-state index in [1.165, 1.54) is 0 Å². The van der Waals surface area contributed by atoms with E-state index in [0.717, 1.165) is 6.08 Å². The predicted molar refractivity (Wildman–Crippen MR) is 61.8 cm³/mol. The van der Waals surface area contributed by atoms with Gasteiger partial charge in [-0.05, 0) is 5.92 Å². The quantitative estimate of drug-likeness (QED) is 0.664. The molecule has 0 aliphatic heterocycles. The molecule has 0 radical (unpaired) electrons. The molecule has 5 heteroatoms. The molecule has 0 saturated carbocycles. The number of carboxylic acids is 1. The van der Waals surface area contributed by atoms with Crippen molar-refractivity contribution in [2.24, 2.45) is 11.7 Å². The molecule has 3 N–H and O–H groups in total. The molecule has 0 aromatic rings. The van der Waals surface area contributed by atoms with Crippen molar-refractivity contribution in [1.82, 2.24) is 0 Å². The first kappa shape index (κ1) is 16.8. The third kappa shape index (κ3) is 14.9. The molecular weight excluding hydrogens is 210 g/mol. The fourth-order valence-electron chi connectivity index (χ4n) is 0.489. The van der Waals surface area contributed by atoms with Gasteiger partial charge in [0, 0.05) is 18.3 Å². The van der Waals surface area contributed by atoms with E-state index in [-0.39, 0.29) is 6.61 Å². The lowest BCUT2D eigenvalue weighted by Crippen LogP contribution is -2.17. The van der Waals surface area contributed by atoms with Gasteiger partial charge in [-0.2, -0.15) is 0 Å². The van der Waals surface area contributed by atoms with Crippen molar-refractivity contribution in [3.63, 3.8) is 0 Å². The van der Waals surface area contributed by atoms with Crippen LogP contribution >= 0.6 is 0 Å². The van der Waals surface area contributed by atoms with Crippen LogP contribution in [0.2, 0.25) is 0 Å². The topological polar surface area (TPSA) is 89.6 Å². The molecule has 0 unspecified atom stereocenters. The van der Waals surface area contributed by atoms with Crippen molar-refractivity contribution >= 4 is 11.9 Å². The van der Waals surface area contributed by atoms with Crippen LogP contribution in [-0.2, 0) is 14.3 Å². The molecule has 0 bridgehead atoms. The zero-order valence-corrected chi connectivity index (χ0v) is 9.73. The smallest absolute Gasteiger partial charge is 0.327 e. The van der Waals surface area contributed by atoms with E-state index in [1.54, 1.807) is 0 Å². The minimum Gasteiger partial charge on any atom is -0.478 e. The molecule has 0 fully saturated rings. The number of rotatable bonds is 6. The first-order chi connectivity index (χ1) is 7.31. The minimum absolute atomic E-state index is 0.244. The summed E-state index contributed by atoms with van der Waals surface area (Å²) in [6.45, 7) is 11.4. The largest absolute Gasteiger partial charge is 0.478 e. The van der Waals surface area contributed by atoms with E-state index < -0.39 is 11.9 Å². The van der Waals surface area contributed by atoms with Crippen molar-refractivity contribution in [2.75, 3.05) is 13.2 Å². The fraction of sp³-hybridized carbons (Fsp3) is 0.455. The van der Waals surface area contributed by atoms with Crippen LogP contribution in [0.1, 0.15) is 13.8 Å². The second-order valence-electron chi connectivity index (χ2n) is 3.42. The van der Waals surface area contributed by atoms with E-state index in [9.17, 15) is 9.59 Å². The predicted octanol–water partition coefficient (Wildman–Crippen LogP) is 0.958. The Morgan fingerprint density at radius 1 is 1.50 bits per heavy atom. The molecule has 0 aromatic heterocycles. The van der Waals surface area contributed by atoms with Crippen LogP contribution in [0.4, 0.5) is 0 Å². The van der Waals surface area contributed by atoms with Crippen LogP contribution in [0.5, 0.6) is 0 Å². The summed E-state index contributed by atoms with van der Waals surface area (Å²) in [5, 5.41) is 7.60.